The van der Waals surface area contributed by atoms with Crippen LogP contribution in [0.1, 0.15) is 29.0 Å². The summed E-state index contributed by atoms with van der Waals surface area (Å²) in [4.78, 5) is 32.4. The van der Waals surface area contributed by atoms with Crippen LogP contribution in [0.25, 0.3) is 0 Å². The Hall–Kier alpha value is -3.13. The summed E-state index contributed by atoms with van der Waals surface area (Å²) in [5.74, 6) is 0.439. The predicted octanol–water partition coefficient (Wildman–Crippen LogP) is 3.68. The number of aromatic nitrogens is 2. The summed E-state index contributed by atoms with van der Waals surface area (Å²) in [7, 11) is 1.56. The Kier molecular flexibility index (Phi) is 5.35. The number of ether oxygens (including phenoxy) is 1. The van der Waals surface area contributed by atoms with Crippen molar-refractivity contribution in [3.05, 3.63) is 81.4 Å². The van der Waals surface area contributed by atoms with E-state index in [1.165, 1.54) is 23.9 Å². The molecule has 148 valence electrons. The van der Waals surface area contributed by atoms with Crippen LogP contribution in [0.5, 0.6) is 5.75 Å². The monoisotopic (exact) mass is 411 g/mol. The zero-order valence-electron chi connectivity index (χ0n) is 15.6. The second-order valence-electron chi connectivity index (χ2n) is 6.60. The molecule has 1 aliphatic heterocycles. The van der Waals surface area contributed by atoms with Gasteiger partial charge in [0.25, 0.3) is 5.56 Å². The number of halogens is 1. The summed E-state index contributed by atoms with van der Waals surface area (Å²) in [5.41, 5.74) is 1.78. The second kappa shape index (κ2) is 8.08. The van der Waals surface area contributed by atoms with Crippen molar-refractivity contribution in [2.45, 2.75) is 23.2 Å². The number of carbonyl (C=O) groups excluding carboxylic acids is 1. The van der Waals surface area contributed by atoms with Crippen LogP contribution in [0.2, 0.25) is 0 Å². The number of benzene rings is 2. The number of carbonyl (C=O) groups is 1. The molecule has 0 radical (unpaired) electrons. The number of amides is 1. The number of aromatic amines is 1. The summed E-state index contributed by atoms with van der Waals surface area (Å²) in [5, 5.41) is 3.10. The number of anilines is 1. The molecule has 1 aromatic heterocycles. The van der Waals surface area contributed by atoms with Crippen LogP contribution < -0.4 is 15.6 Å². The largest absolute Gasteiger partial charge is 0.496 e. The highest BCUT2D eigenvalue weighted by Crippen LogP contribution is 2.38. The Morgan fingerprint density at radius 1 is 1.17 bits per heavy atom. The van der Waals surface area contributed by atoms with E-state index in [4.69, 9.17) is 4.74 Å². The Morgan fingerprint density at radius 2 is 1.93 bits per heavy atom. The molecule has 2 aromatic carbocycles. The first-order chi connectivity index (χ1) is 14.0. The van der Waals surface area contributed by atoms with Crippen LogP contribution in [0.3, 0.4) is 0 Å². The van der Waals surface area contributed by atoms with E-state index in [2.05, 4.69) is 15.3 Å². The molecule has 3 aromatic rings. The molecule has 1 atom stereocenters. The molecular weight excluding hydrogens is 393 g/mol. The molecule has 1 aliphatic rings. The van der Waals surface area contributed by atoms with Gasteiger partial charge in [-0.1, -0.05) is 42.1 Å². The first-order valence-electron chi connectivity index (χ1n) is 8.99. The number of methoxy groups -OCH3 is 1. The first kappa shape index (κ1) is 19.2. The Bertz CT molecular complexity index is 1110. The summed E-state index contributed by atoms with van der Waals surface area (Å²) in [6.07, 6.45) is 0.139. The highest BCUT2D eigenvalue weighted by atomic mass is 32.2. The molecule has 2 N–H and O–H groups in total. The van der Waals surface area contributed by atoms with Crippen molar-refractivity contribution in [1.82, 2.24) is 9.97 Å². The lowest BCUT2D eigenvalue weighted by molar-refractivity contribution is -0.116. The topological polar surface area (TPSA) is 84.1 Å². The maximum atomic E-state index is 13.0. The third-order valence-electron chi connectivity index (χ3n) is 4.73. The molecule has 0 spiro atoms. The van der Waals surface area contributed by atoms with E-state index in [0.29, 0.717) is 22.2 Å². The van der Waals surface area contributed by atoms with Gasteiger partial charge in [-0.25, -0.2) is 9.37 Å². The van der Waals surface area contributed by atoms with Crippen molar-refractivity contribution in [3.8, 4) is 5.75 Å². The number of H-pyrrole nitrogens is 1. The quantitative estimate of drug-likeness (QED) is 0.494. The van der Waals surface area contributed by atoms with Gasteiger partial charge in [-0.15, -0.1) is 0 Å². The molecule has 1 unspecified atom stereocenters. The number of thioether (sulfide) groups is 1. The second-order valence-corrected chi connectivity index (χ2v) is 7.56. The highest BCUT2D eigenvalue weighted by Gasteiger charge is 2.32. The minimum atomic E-state index is -0.442. The molecule has 0 saturated carbocycles. The molecule has 8 heteroatoms. The molecular formula is C21H18FN3O3S. The number of hydrogen-bond donors (Lipinski definition) is 2. The molecule has 0 aliphatic carbocycles. The standard InChI is InChI=1S/C21H18FN3O3S/c1-28-16-5-3-2-4-14(16)15-10-17(26)23-19-18(15)20(27)25-21(24-19)29-11-12-6-8-13(22)9-7-12/h2-9,15H,10-11H2,1H3,(H2,23,24,25,26,27). The van der Waals surface area contributed by atoms with Crippen molar-refractivity contribution < 1.29 is 13.9 Å². The van der Waals surface area contributed by atoms with E-state index in [9.17, 15) is 14.0 Å². The highest BCUT2D eigenvalue weighted by molar-refractivity contribution is 7.98. The minimum absolute atomic E-state index is 0.139. The van der Waals surface area contributed by atoms with E-state index in [-0.39, 0.29) is 29.5 Å². The molecule has 4 rings (SSSR count). The minimum Gasteiger partial charge on any atom is -0.496 e. The van der Waals surface area contributed by atoms with Gasteiger partial charge in [0.15, 0.2) is 5.16 Å². The molecule has 29 heavy (non-hydrogen) atoms. The van der Waals surface area contributed by atoms with Crippen molar-refractivity contribution in [3.63, 3.8) is 0 Å². The van der Waals surface area contributed by atoms with Gasteiger partial charge < -0.3 is 15.0 Å². The molecule has 6 nitrogen and oxygen atoms in total. The fraction of sp³-hybridized carbons (Fsp3) is 0.190. The van der Waals surface area contributed by atoms with Crippen LogP contribution in [-0.2, 0) is 10.5 Å². The number of fused-ring (bicyclic) bond motifs is 1. The fourth-order valence-electron chi connectivity index (χ4n) is 3.37. The summed E-state index contributed by atoms with van der Waals surface area (Å²) in [6, 6.07) is 13.5. The van der Waals surface area contributed by atoms with Crippen molar-refractivity contribution in [2.75, 3.05) is 12.4 Å². The van der Waals surface area contributed by atoms with Gasteiger partial charge in [-0.05, 0) is 23.8 Å². The van der Waals surface area contributed by atoms with Gasteiger partial charge in [0.05, 0.1) is 12.7 Å². The van der Waals surface area contributed by atoms with Gasteiger partial charge in [-0.3, -0.25) is 9.59 Å². The van der Waals surface area contributed by atoms with Crippen LogP contribution in [0.4, 0.5) is 10.2 Å². The smallest absolute Gasteiger partial charge is 0.257 e. The van der Waals surface area contributed by atoms with E-state index in [1.54, 1.807) is 25.3 Å². The third kappa shape index (κ3) is 4.02. The summed E-state index contributed by atoms with van der Waals surface area (Å²) in [6.45, 7) is 0. The average molecular weight is 411 g/mol. The lowest BCUT2D eigenvalue weighted by Crippen LogP contribution is -2.31. The number of nitrogens with zero attached hydrogens (tertiary/aromatic N) is 1. The zero-order valence-corrected chi connectivity index (χ0v) is 16.4. The van der Waals surface area contributed by atoms with Crippen LogP contribution >= 0.6 is 11.8 Å². The Balaban J connectivity index is 1.67. The number of para-hydroxylation sites is 1. The van der Waals surface area contributed by atoms with Crippen LogP contribution in [0, 0.1) is 5.82 Å². The van der Waals surface area contributed by atoms with E-state index in [1.807, 2.05) is 18.2 Å². The van der Waals surface area contributed by atoms with Gasteiger partial charge >= 0.3 is 0 Å². The summed E-state index contributed by atoms with van der Waals surface area (Å²) < 4.78 is 18.5. The molecule has 2 heterocycles. The predicted molar refractivity (Wildman–Crippen MR) is 109 cm³/mol. The van der Waals surface area contributed by atoms with Gasteiger partial charge in [0.1, 0.15) is 17.4 Å². The van der Waals surface area contributed by atoms with Crippen molar-refractivity contribution in [2.24, 2.45) is 0 Å². The SMILES string of the molecule is COc1ccccc1C1CC(=O)Nc2nc(SCc3ccc(F)cc3)[nH]c(=O)c21. The van der Waals surface area contributed by atoms with E-state index >= 15 is 0 Å². The lowest BCUT2D eigenvalue weighted by atomic mass is 9.86. The van der Waals surface area contributed by atoms with Crippen molar-refractivity contribution >= 4 is 23.5 Å². The van der Waals surface area contributed by atoms with Gasteiger partial charge in [0.2, 0.25) is 5.91 Å². The number of nitrogens with one attached hydrogen (secondary N) is 2. The Morgan fingerprint density at radius 3 is 2.69 bits per heavy atom. The van der Waals surface area contributed by atoms with Crippen LogP contribution in [-0.4, -0.2) is 23.0 Å². The maximum absolute atomic E-state index is 13.0. The molecule has 0 fully saturated rings. The number of hydrogen-bond acceptors (Lipinski definition) is 5. The average Bonchev–Trinajstić information content (AvgIpc) is 2.72. The van der Waals surface area contributed by atoms with Gasteiger partial charge in [0, 0.05) is 23.7 Å². The van der Waals surface area contributed by atoms with Gasteiger partial charge in [-0.2, -0.15) is 0 Å². The molecule has 0 bridgehead atoms. The van der Waals surface area contributed by atoms with E-state index in [0.717, 1.165) is 11.1 Å². The van der Waals surface area contributed by atoms with E-state index < -0.39 is 5.92 Å². The van der Waals surface area contributed by atoms with Crippen molar-refractivity contribution in [1.29, 1.82) is 0 Å². The summed E-state index contributed by atoms with van der Waals surface area (Å²) >= 11 is 1.31. The lowest BCUT2D eigenvalue weighted by Gasteiger charge is -2.25. The fourth-order valence-corrected chi connectivity index (χ4v) is 4.19. The normalized spacial score (nSPS) is 15.5. The molecule has 0 saturated heterocycles. The third-order valence-corrected chi connectivity index (χ3v) is 5.68. The molecule has 1 amide bonds. The maximum Gasteiger partial charge on any atom is 0.257 e. The first-order valence-corrected chi connectivity index (χ1v) is 9.98. The van der Waals surface area contributed by atoms with Crippen LogP contribution in [0.15, 0.2) is 58.5 Å². The number of rotatable bonds is 5. The zero-order chi connectivity index (χ0) is 20.4. The Labute approximate surface area is 170 Å².